The predicted molar refractivity (Wildman–Crippen MR) is 117 cm³/mol. The number of thiocarbonyl (C=S) groups is 1. The van der Waals surface area contributed by atoms with E-state index in [0.717, 1.165) is 5.56 Å². The molecular weight excluding hydrogens is 424 g/mol. The van der Waals surface area contributed by atoms with E-state index >= 15 is 0 Å². The first kappa shape index (κ1) is 21.5. The number of nitrogens with one attached hydrogen (secondary N) is 1. The summed E-state index contributed by atoms with van der Waals surface area (Å²) in [7, 11) is 1.58. The number of aromatic carboxylic acids is 1. The molecule has 0 bridgehead atoms. The Morgan fingerprint density at radius 3 is 2.57 bits per heavy atom. The number of benzene rings is 2. The fourth-order valence-corrected chi connectivity index (χ4v) is 4.05. The first-order valence-electron chi connectivity index (χ1n) is 8.88. The minimum absolute atomic E-state index is 0.0381. The first-order valence-corrected chi connectivity index (χ1v) is 10.1. The molecule has 1 aliphatic heterocycles. The molecule has 0 saturated carbocycles. The molecule has 154 valence electrons. The van der Waals surface area contributed by atoms with Crippen LogP contribution in [0.25, 0.3) is 6.08 Å². The summed E-state index contributed by atoms with van der Waals surface area (Å²) < 4.78 is 5.48. The van der Waals surface area contributed by atoms with Gasteiger partial charge in [0, 0.05) is 24.2 Å². The van der Waals surface area contributed by atoms with E-state index in [0.29, 0.717) is 15.0 Å². The highest BCUT2D eigenvalue weighted by atomic mass is 32.2. The summed E-state index contributed by atoms with van der Waals surface area (Å²) in [5.74, 6) is -1.38. The number of hydrogen-bond donors (Lipinski definition) is 1. The third kappa shape index (κ3) is 5.05. The molecule has 0 aliphatic carbocycles. The minimum Gasteiger partial charge on any atom is -0.545 e. The van der Waals surface area contributed by atoms with Gasteiger partial charge in [0.1, 0.15) is 10.1 Å². The maximum Gasteiger partial charge on any atom is 0.266 e. The number of rotatable bonds is 7. The van der Waals surface area contributed by atoms with Gasteiger partial charge < -0.3 is 20.0 Å². The Bertz CT molecular complexity index is 1030. The maximum atomic E-state index is 12.7. The second-order valence-corrected chi connectivity index (χ2v) is 7.91. The van der Waals surface area contributed by atoms with E-state index in [1.165, 1.54) is 34.9 Å². The average Bonchev–Trinajstić information content (AvgIpc) is 2.99. The van der Waals surface area contributed by atoms with Crippen molar-refractivity contribution in [2.24, 2.45) is 0 Å². The van der Waals surface area contributed by atoms with Crippen LogP contribution >= 0.6 is 24.0 Å². The van der Waals surface area contributed by atoms with Crippen LogP contribution in [0.15, 0.2) is 53.4 Å². The SMILES string of the molecule is COc1ccc(/C=C2\SC(=S)N(CCC(=O)Nc3ccccc3C(=O)[O-])C2=O)cc1. The van der Waals surface area contributed by atoms with Gasteiger partial charge in [-0.1, -0.05) is 54.3 Å². The third-order valence-electron chi connectivity index (χ3n) is 4.27. The molecule has 0 aromatic heterocycles. The summed E-state index contributed by atoms with van der Waals surface area (Å²) >= 11 is 6.45. The highest BCUT2D eigenvalue weighted by molar-refractivity contribution is 8.26. The van der Waals surface area contributed by atoms with Crippen LogP contribution in [-0.4, -0.2) is 40.7 Å². The van der Waals surface area contributed by atoms with Gasteiger partial charge in [-0.25, -0.2) is 0 Å². The van der Waals surface area contributed by atoms with Gasteiger partial charge in [0.2, 0.25) is 5.91 Å². The number of carbonyl (C=O) groups is 3. The van der Waals surface area contributed by atoms with E-state index in [1.807, 2.05) is 12.1 Å². The topological polar surface area (TPSA) is 98.8 Å². The number of carboxylic acids is 1. The highest BCUT2D eigenvalue weighted by Crippen LogP contribution is 2.32. The highest BCUT2D eigenvalue weighted by Gasteiger charge is 2.32. The first-order chi connectivity index (χ1) is 14.4. The Morgan fingerprint density at radius 2 is 1.90 bits per heavy atom. The number of methoxy groups -OCH3 is 1. The molecule has 0 unspecified atom stereocenters. The zero-order valence-corrected chi connectivity index (χ0v) is 17.5. The molecule has 0 atom stereocenters. The van der Waals surface area contributed by atoms with Crippen LogP contribution in [0, 0.1) is 0 Å². The Hall–Kier alpha value is -3.17. The summed E-state index contributed by atoms with van der Waals surface area (Å²) in [6.07, 6.45) is 1.69. The van der Waals surface area contributed by atoms with Crippen molar-refractivity contribution in [2.75, 3.05) is 19.0 Å². The van der Waals surface area contributed by atoms with Crippen LogP contribution < -0.4 is 15.2 Å². The lowest BCUT2D eigenvalue weighted by atomic mass is 10.1. The lowest BCUT2D eigenvalue weighted by Gasteiger charge is -2.15. The minimum atomic E-state index is -1.38. The molecule has 3 rings (SSSR count). The molecule has 1 N–H and O–H groups in total. The van der Waals surface area contributed by atoms with E-state index < -0.39 is 11.9 Å². The largest absolute Gasteiger partial charge is 0.545 e. The molecule has 1 saturated heterocycles. The van der Waals surface area contributed by atoms with Gasteiger partial charge in [-0.2, -0.15) is 0 Å². The molecule has 7 nitrogen and oxygen atoms in total. The van der Waals surface area contributed by atoms with Crippen LogP contribution in [-0.2, 0) is 9.59 Å². The van der Waals surface area contributed by atoms with Crippen molar-refractivity contribution in [2.45, 2.75) is 6.42 Å². The molecule has 2 aromatic carbocycles. The average molecular weight is 442 g/mol. The zero-order chi connectivity index (χ0) is 21.7. The number of ether oxygens (including phenoxy) is 1. The molecular formula is C21H17N2O5S2-. The second kappa shape index (κ2) is 9.55. The Balaban J connectivity index is 1.62. The van der Waals surface area contributed by atoms with Gasteiger partial charge in [-0.15, -0.1) is 0 Å². The van der Waals surface area contributed by atoms with Gasteiger partial charge in [0.25, 0.3) is 5.91 Å². The van der Waals surface area contributed by atoms with Crippen molar-refractivity contribution in [3.63, 3.8) is 0 Å². The molecule has 2 amide bonds. The molecule has 1 fully saturated rings. The van der Waals surface area contributed by atoms with Crippen LogP contribution in [0.3, 0.4) is 0 Å². The van der Waals surface area contributed by atoms with Crippen molar-refractivity contribution in [3.8, 4) is 5.75 Å². The van der Waals surface area contributed by atoms with Gasteiger partial charge in [0.15, 0.2) is 0 Å². The van der Waals surface area contributed by atoms with Crippen LogP contribution in [0.4, 0.5) is 5.69 Å². The summed E-state index contributed by atoms with van der Waals surface area (Å²) in [5, 5.41) is 13.7. The molecule has 1 aliphatic rings. The number of anilines is 1. The molecule has 9 heteroatoms. The van der Waals surface area contributed by atoms with Crippen molar-refractivity contribution in [1.82, 2.24) is 4.90 Å². The fourth-order valence-electron chi connectivity index (χ4n) is 2.74. The van der Waals surface area contributed by atoms with E-state index in [1.54, 1.807) is 31.4 Å². The number of para-hydroxylation sites is 1. The number of thioether (sulfide) groups is 1. The molecule has 1 heterocycles. The lowest BCUT2D eigenvalue weighted by Crippen LogP contribution is -2.32. The van der Waals surface area contributed by atoms with Gasteiger partial charge >= 0.3 is 0 Å². The smallest absolute Gasteiger partial charge is 0.266 e. The summed E-state index contributed by atoms with van der Waals surface area (Å²) in [6, 6.07) is 13.2. The number of nitrogens with zero attached hydrogens (tertiary/aromatic N) is 1. The van der Waals surface area contributed by atoms with E-state index in [-0.39, 0.29) is 30.1 Å². The Labute approximate surface area is 182 Å². The van der Waals surface area contributed by atoms with E-state index in [2.05, 4.69) is 5.32 Å². The number of carbonyl (C=O) groups excluding carboxylic acids is 3. The molecule has 30 heavy (non-hydrogen) atoms. The molecule has 0 radical (unpaired) electrons. The van der Waals surface area contributed by atoms with Crippen molar-refractivity contribution >= 4 is 57.8 Å². The number of hydrogen-bond acceptors (Lipinski definition) is 7. The van der Waals surface area contributed by atoms with Crippen molar-refractivity contribution in [1.29, 1.82) is 0 Å². The number of amides is 2. The van der Waals surface area contributed by atoms with E-state index in [4.69, 9.17) is 17.0 Å². The monoisotopic (exact) mass is 441 g/mol. The maximum absolute atomic E-state index is 12.7. The summed E-state index contributed by atoms with van der Waals surface area (Å²) in [6.45, 7) is 0.0872. The quantitative estimate of drug-likeness (QED) is 0.520. The fraction of sp³-hybridized carbons (Fsp3) is 0.143. The molecule has 2 aromatic rings. The van der Waals surface area contributed by atoms with Gasteiger partial charge in [-0.05, 0) is 29.8 Å². The lowest BCUT2D eigenvalue weighted by molar-refractivity contribution is -0.254. The van der Waals surface area contributed by atoms with Crippen molar-refractivity contribution in [3.05, 3.63) is 64.6 Å². The zero-order valence-electron chi connectivity index (χ0n) is 15.9. The Kier molecular flexibility index (Phi) is 6.86. The Morgan fingerprint density at radius 1 is 1.20 bits per heavy atom. The van der Waals surface area contributed by atoms with Gasteiger partial charge in [0.05, 0.1) is 18.0 Å². The normalized spacial score (nSPS) is 14.8. The van der Waals surface area contributed by atoms with Crippen molar-refractivity contribution < 1.29 is 24.2 Å². The predicted octanol–water partition coefficient (Wildman–Crippen LogP) is 2.29. The van der Waals surface area contributed by atoms with E-state index in [9.17, 15) is 19.5 Å². The standard InChI is InChI=1S/C21H18N2O5S2/c1-28-14-8-6-13(7-9-14)12-17-19(25)23(21(29)30-17)11-10-18(24)22-16-5-3-2-4-15(16)20(26)27/h2-9,12H,10-11H2,1H3,(H,22,24)(H,26,27)/p-1/b17-12-. The second-order valence-electron chi connectivity index (χ2n) is 6.24. The number of carboxylic acid groups (broad SMARTS) is 1. The van der Waals surface area contributed by atoms with Crippen LogP contribution in [0.5, 0.6) is 5.75 Å². The summed E-state index contributed by atoms with van der Waals surface area (Å²) in [4.78, 5) is 37.9. The van der Waals surface area contributed by atoms with Crippen LogP contribution in [0.1, 0.15) is 22.3 Å². The van der Waals surface area contributed by atoms with Gasteiger partial charge in [-0.3, -0.25) is 14.5 Å². The third-order valence-corrected chi connectivity index (χ3v) is 5.65. The van der Waals surface area contributed by atoms with Crippen LogP contribution in [0.2, 0.25) is 0 Å². The summed E-state index contributed by atoms with van der Waals surface area (Å²) in [5.41, 5.74) is 0.860. The molecule has 0 spiro atoms.